The minimum atomic E-state index is -0.953. The van der Waals surface area contributed by atoms with Gasteiger partial charge in [0.25, 0.3) is 0 Å². The van der Waals surface area contributed by atoms with E-state index in [1.807, 2.05) is 0 Å². The molecule has 0 saturated carbocycles. The van der Waals surface area contributed by atoms with E-state index in [1.54, 1.807) is 0 Å². The van der Waals surface area contributed by atoms with E-state index in [0.29, 0.717) is 82.0 Å². The molecule has 21 nitrogen and oxygen atoms in total. The minimum Gasteiger partial charge on any atom is -0.463 e. The lowest BCUT2D eigenvalue weighted by molar-refractivity contribution is -0.162. The predicted molar refractivity (Wildman–Crippen MR) is 596 cm³/mol. The van der Waals surface area contributed by atoms with Crippen LogP contribution >= 0.6 is 46.4 Å². The molecule has 0 aliphatic rings. The van der Waals surface area contributed by atoms with Gasteiger partial charge >= 0.3 is 53.6 Å². The van der Waals surface area contributed by atoms with Crippen molar-refractivity contribution in [2.45, 2.75) is 626 Å². The lowest BCUT2D eigenvalue weighted by Gasteiger charge is -2.18. The Bertz CT molecular complexity index is 2560. The first-order valence-electron chi connectivity index (χ1n) is 59.2. The summed E-state index contributed by atoms with van der Waals surface area (Å²) in [6.45, 7) is 13.2. The normalized spacial score (nSPS) is 11.2. The molecule has 0 radical (unpaired) electrons. The predicted octanol–water partition coefficient (Wildman–Crippen LogP) is 37.4. The molecule has 0 heterocycles. The van der Waals surface area contributed by atoms with Crippen molar-refractivity contribution in [2.24, 2.45) is 0 Å². The molecule has 0 spiro atoms. The highest BCUT2D eigenvalue weighted by Gasteiger charge is 2.23. The fourth-order valence-corrected chi connectivity index (χ4v) is 16.9. The largest absolute Gasteiger partial charge is 0.508 e. The molecule has 0 aliphatic carbocycles. The van der Waals surface area contributed by atoms with Crippen molar-refractivity contribution in [3.8, 4) is 0 Å². The molecular formula is C118H224Cl4O21. The van der Waals surface area contributed by atoms with Crippen molar-refractivity contribution >= 4 is 100.0 Å². The van der Waals surface area contributed by atoms with Gasteiger partial charge in [0.2, 0.25) is 0 Å². The van der Waals surface area contributed by atoms with Gasteiger partial charge in [-0.2, -0.15) is 0 Å². The summed E-state index contributed by atoms with van der Waals surface area (Å²) in [5, 5.41) is 9.96. The third kappa shape index (κ3) is 132. The van der Waals surface area contributed by atoms with Crippen molar-refractivity contribution in [1.82, 2.24) is 0 Å². The Kier molecular flexibility index (Phi) is 132. The van der Waals surface area contributed by atoms with Crippen LogP contribution in [-0.2, 0) is 80.9 Å². The fraction of sp³-hybridized carbons (Fsp3) is 0.924. The van der Waals surface area contributed by atoms with Crippen LogP contribution in [0, 0.1) is 0 Å². The maximum Gasteiger partial charge on any atom is 0.508 e. The van der Waals surface area contributed by atoms with E-state index in [1.165, 1.54) is 398 Å². The average Bonchev–Trinajstić information content (AvgIpc) is 0.944. The maximum atomic E-state index is 12.5. The summed E-state index contributed by atoms with van der Waals surface area (Å²) in [7, 11) is 0. The Morgan fingerprint density at radius 3 is 0.545 bits per heavy atom. The summed E-state index contributed by atoms with van der Waals surface area (Å²) >= 11 is 21.3. The Labute approximate surface area is 897 Å². The number of alkyl halides is 3. The number of aliphatic hydroxyl groups is 1. The quantitative estimate of drug-likeness (QED) is 0.0195. The third-order valence-electron chi connectivity index (χ3n) is 25.5. The summed E-state index contributed by atoms with van der Waals surface area (Å²) in [4.78, 5) is 107. The number of unbranched alkanes of at least 4 members (excludes halogenated alkanes) is 72. The van der Waals surface area contributed by atoms with Gasteiger partial charge in [0, 0.05) is 67.8 Å². The van der Waals surface area contributed by atoms with E-state index in [9.17, 15) is 48.3 Å². The molecule has 25 heteroatoms. The van der Waals surface area contributed by atoms with Gasteiger partial charge in [-0.15, -0.1) is 34.8 Å². The molecule has 0 aliphatic heterocycles. The molecule has 143 heavy (non-hydrogen) atoms. The molecule has 1 unspecified atom stereocenters. The standard InChI is InChI=1S/2C39H73ClO7.C35H68O5.C4H6Cl2O2.CH4/c1-3-5-7-9-11-13-15-17-19-21-23-25-27-30-37(41)45-34-36(35-46-39(43)44-33-29-32-40)47-38(42)31-28-26-24-22-20-18-16-14-12-10-8-6-4-2;1-3-5-7-9-11-13-15-17-19-21-23-25-27-30-37(41)45-34-36(47-39(43)44-33-29-32-40)35-46-38(42)31-28-26-24-22-20-18-16-14-12-10-8-6-4-2;1-3-5-7-9-11-13-15-17-19-21-23-25-27-29-34(37)39-31-33(36)32-40-35(38)30-28-26-24-22-20-18-16-14-12-10-8-6-4-2;5-2-1-3-8-4(6)7;/h2*36H,3-35H2,1-2H3;33,36H,3-32H2,1-2H3;1-3H2;1H4. The fourth-order valence-electron chi connectivity index (χ4n) is 16.5. The second-order valence-corrected chi connectivity index (χ2v) is 41.0. The van der Waals surface area contributed by atoms with Crippen LogP contribution in [0.5, 0.6) is 0 Å². The number of rotatable bonds is 107. The molecular weight excluding hydrogens is 1900 g/mol. The van der Waals surface area contributed by atoms with Gasteiger partial charge in [-0.25, -0.2) is 14.4 Å². The smallest absolute Gasteiger partial charge is 0.463 e. The zero-order valence-electron chi connectivity index (χ0n) is 92.4. The van der Waals surface area contributed by atoms with E-state index in [4.69, 9.17) is 93.8 Å². The van der Waals surface area contributed by atoms with E-state index >= 15 is 0 Å². The van der Waals surface area contributed by atoms with Gasteiger partial charge in [-0.3, -0.25) is 28.8 Å². The van der Waals surface area contributed by atoms with Gasteiger partial charge in [0.05, 0.1) is 19.8 Å². The van der Waals surface area contributed by atoms with Crippen LogP contribution < -0.4 is 0 Å². The summed E-state index contributed by atoms with van der Waals surface area (Å²) < 4.78 is 56.6. The SMILES string of the molecule is C.CCCCCCCCCCCCCCCC(=O)OCC(COC(=O)CCCCCCCCCCCCCCC)OC(=O)OCCCCl.CCCCCCCCCCCCCCCC(=O)OCC(COC(=O)OCCCCl)OC(=O)CCCCCCCCCCCCCCC.CCCCCCCCCCCCCCCC(=O)OCC(O)COC(=O)CCCCCCCCCCCCCCC.O=C(Cl)OCCCCl. The van der Waals surface area contributed by atoms with E-state index in [0.717, 1.165) is 103 Å². The van der Waals surface area contributed by atoms with Crippen LogP contribution in [0.15, 0.2) is 0 Å². The molecule has 0 saturated heterocycles. The first-order valence-corrected chi connectivity index (χ1v) is 61.2. The van der Waals surface area contributed by atoms with Gasteiger partial charge in [0.1, 0.15) is 45.7 Å². The third-order valence-corrected chi connectivity index (χ3v) is 26.4. The van der Waals surface area contributed by atoms with Gasteiger partial charge in [0.15, 0.2) is 12.2 Å². The van der Waals surface area contributed by atoms with Crippen LogP contribution in [0.4, 0.5) is 14.4 Å². The zero-order valence-corrected chi connectivity index (χ0v) is 95.4. The number of hydrogen-bond donors (Lipinski definition) is 1. The number of carbonyl (C=O) groups excluding carboxylic acids is 9. The van der Waals surface area contributed by atoms with Gasteiger partial charge in [-0.05, 0) is 57.8 Å². The highest BCUT2D eigenvalue weighted by Crippen LogP contribution is 2.23. The van der Waals surface area contributed by atoms with Crippen molar-refractivity contribution in [3.05, 3.63) is 0 Å². The summed E-state index contributed by atoms with van der Waals surface area (Å²) in [6, 6.07) is 0. The number of esters is 6. The molecule has 0 aromatic carbocycles. The van der Waals surface area contributed by atoms with Gasteiger partial charge in [-0.1, -0.05) is 511 Å². The summed E-state index contributed by atoms with van der Waals surface area (Å²) in [6.07, 6.45) is 96.7. The highest BCUT2D eigenvalue weighted by molar-refractivity contribution is 6.61. The molecule has 0 aromatic rings. The number of hydrogen-bond acceptors (Lipinski definition) is 21. The molecule has 0 amide bonds. The monoisotopic (exact) mass is 2120 g/mol. The van der Waals surface area contributed by atoms with Crippen molar-refractivity contribution < 1.29 is 100 Å². The molecule has 0 fully saturated rings. The molecule has 1 N–H and O–H groups in total. The number of carbonyl (C=O) groups is 9. The minimum absolute atomic E-state index is 0. The zero-order chi connectivity index (χ0) is 105. The molecule has 850 valence electrons. The van der Waals surface area contributed by atoms with Gasteiger partial charge < -0.3 is 57.2 Å². The topological polar surface area (TPSA) is 275 Å². The van der Waals surface area contributed by atoms with Crippen LogP contribution in [0.1, 0.15) is 608 Å². The Balaban J connectivity index is -0.000000639. The van der Waals surface area contributed by atoms with Crippen LogP contribution in [0.2, 0.25) is 0 Å². The average molecular weight is 2120 g/mol. The molecule has 0 bridgehead atoms. The highest BCUT2D eigenvalue weighted by atomic mass is 35.5. The molecule has 0 rings (SSSR count). The second kappa shape index (κ2) is 128. The second-order valence-electron chi connectivity index (χ2n) is 39.6. The lowest BCUT2D eigenvalue weighted by Crippen LogP contribution is -2.31. The van der Waals surface area contributed by atoms with E-state index < -0.39 is 36.1 Å². The molecule has 0 aromatic heterocycles. The van der Waals surface area contributed by atoms with Crippen LogP contribution in [0.25, 0.3) is 0 Å². The number of halogens is 4. The van der Waals surface area contributed by atoms with E-state index in [2.05, 4.69) is 46.3 Å². The van der Waals surface area contributed by atoms with Crippen molar-refractivity contribution in [2.75, 3.05) is 77.1 Å². The van der Waals surface area contributed by atoms with Crippen molar-refractivity contribution in [3.63, 3.8) is 0 Å². The molecule has 1 atom stereocenters. The van der Waals surface area contributed by atoms with Crippen molar-refractivity contribution in [1.29, 1.82) is 0 Å². The summed E-state index contributed by atoms with van der Waals surface area (Å²) in [5.41, 5.74) is -0.768. The number of ether oxygens (including phenoxy) is 11. The first-order chi connectivity index (χ1) is 69.4. The van der Waals surface area contributed by atoms with Crippen LogP contribution in [0.3, 0.4) is 0 Å². The first kappa shape index (κ1) is 147. The Morgan fingerprint density at radius 1 is 0.189 bits per heavy atom. The Morgan fingerprint density at radius 2 is 0.350 bits per heavy atom. The summed E-state index contributed by atoms with van der Waals surface area (Å²) in [5.74, 6) is -0.692. The van der Waals surface area contributed by atoms with Crippen LogP contribution in [-0.4, -0.2) is 154 Å². The van der Waals surface area contributed by atoms with E-state index in [-0.39, 0.29) is 96.1 Å². The maximum absolute atomic E-state index is 12.5. The Hall–Kier alpha value is -4.05. The number of aliphatic hydroxyl groups excluding tert-OH is 1. The lowest BCUT2D eigenvalue weighted by atomic mass is 10.0.